The molecular formula is C22H31N3O. The molecule has 1 fully saturated rings. The first-order chi connectivity index (χ1) is 12.5. The van der Waals surface area contributed by atoms with Gasteiger partial charge in [-0.3, -0.25) is 0 Å². The van der Waals surface area contributed by atoms with Crippen molar-refractivity contribution in [3.8, 4) is 0 Å². The van der Waals surface area contributed by atoms with Crippen LogP contribution in [0.25, 0.3) is 0 Å². The zero-order valence-corrected chi connectivity index (χ0v) is 16.6. The third-order valence-electron chi connectivity index (χ3n) is 5.20. The molecule has 140 valence electrons. The number of nitrogens with one attached hydrogen (secondary N) is 1. The third-order valence-corrected chi connectivity index (χ3v) is 5.20. The Bertz CT molecular complexity index is 719. The average molecular weight is 354 g/mol. The molecule has 0 saturated carbocycles. The number of rotatable bonds is 5. The Balaban J connectivity index is 2.00. The predicted octanol–water partition coefficient (Wildman–Crippen LogP) is 3.25. The smallest absolute Gasteiger partial charge is 0.0809 e. The molecule has 2 aromatic rings. The maximum atomic E-state index is 6.18. The van der Waals surface area contributed by atoms with Gasteiger partial charge in [-0.15, -0.1) is 0 Å². The van der Waals surface area contributed by atoms with Crippen LogP contribution in [0.5, 0.6) is 0 Å². The molecule has 0 aromatic heterocycles. The monoisotopic (exact) mass is 353 g/mol. The Morgan fingerprint density at radius 1 is 0.962 bits per heavy atom. The number of hydrogen-bond donors (Lipinski definition) is 1. The van der Waals surface area contributed by atoms with Gasteiger partial charge in [-0.1, -0.05) is 18.2 Å². The van der Waals surface area contributed by atoms with E-state index in [0.29, 0.717) is 0 Å². The summed E-state index contributed by atoms with van der Waals surface area (Å²) in [5.41, 5.74) is 6.42. The molecule has 4 heteroatoms. The Morgan fingerprint density at radius 2 is 1.62 bits per heavy atom. The molecule has 0 amide bonds. The van der Waals surface area contributed by atoms with Crippen LogP contribution >= 0.6 is 0 Å². The minimum atomic E-state index is 0.151. The van der Waals surface area contributed by atoms with E-state index in [9.17, 15) is 0 Å². The van der Waals surface area contributed by atoms with Crippen molar-refractivity contribution in [1.82, 2.24) is 5.32 Å². The van der Waals surface area contributed by atoms with Crippen LogP contribution in [0.4, 0.5) is 11.4 Å². The Morgan fingerprint density at radius 3 is 2.15 bits per heavy atom. The quantitative estimate of drug-likeness (QED) is 0.893. The van der Waals surface area contributed by atoms with Crippen LogP contribution in [0.3, 0.4) is 0 Å². The lowest BCUT2D eigenvalue weighted by Gasteiger charge is -2.33. The van der Waals surface area contributed by atoms with E-state index in [4.69, 9.17) is 4.74 Å². The first-order valence-corrected chi connectivity index (χ1v) is 9.35. The van der Waals surface area contributed by atoms with E-state index >= 15 is 0 Å². The molecule has 1 aliphatic heterocycles. The van der Waals surface area contributed by atoms with Crippen molar-refractivity contribution in [3.63, 3.8) is 0 Å². The molecule has 0 spiro atoms. The van der Waals surface area contributed by atoms with Crippen LogP contribution in [0, 0.1) is 6.92 Å². The maximum Gasteiger partial charge on any atom is 0.0809 e. The number of morpholine rings is 1. The fourth-order valence-corrected chi connectivity index (χ4v) is 3.66. The largest absolute Gasteiger partial charge is 0.378 e. The van der Waals surface area contributed by atoms with Crippen molar-refractivity contribution in [2.45, 2.75) is 18.9 Å². The van der Waals surface area contributed by atoms with Crippen LogP contribution in [-0.4, -0.2) is 54.0 Å². The lowest BCUT2D eigenvalue weighted by molar-refractivity contribution is 0.0186. The van der Waals surface area contributed by atoms with Crippen molar-refractivity contribution in [2.75, 3.05) is 57.7 Å². The molecule has 1 aliphatic rings. The van der Waals surface area contributed by atoms with Crippen molar-refractivity contribution in [2.24, 2.45) is 0 Å². The summed E-state index contributed by atoms with van der Waals surface area (Å²) in [6, 6.07) is 15.6. The van der Waals surface area contributed by atoms with Gasteiger partial charge in [-0.05, 0) is 47.9 Å². The van der Waals surface area contributed by atoms with Gasteiger partial charge >= 0.3 is 0 Å². The summed E-state index contributed by atoms with van der Waals surface area (Å²) in [7, 11) is 8.32. The molecule has 1 heterocycles. The number of aryl methyl sites for hydroxylation is 1. The van der Waals surface area contributed by atoms with E-state index in [2.05, 4.69) is 92.7 Å². The Hall–Kier alpha value is -2.04. The first kappa shape index (κ1) is 18.7. The average Bonchev–Trinajstić information content (AvgIpc) is 2.64. The van der Waals surface area contributed by atoms with Gasteiger partial charge in [-0.2, -0.15) is 0 Å². The topological polar surface area (TPSA) is 27.7 Å². The molecule has 2 aromatic carbocycles. The lowest BCUT2D eigenvalue weighted by atomic mass is 9.83. The van der Waals surface area contributed by atoms with Gasteiger partial charge in [0, 0.05) is 58.6 Å². The van der Waals surface area contributed by atoms with E-state index in [0.717, 1.165) is 19.7 Å². The van der Waals surface area contributed by atoms with Gasteiger partial charge in [0.2, 0.25) is 0 Å². The van der Waals surface area contributed by atoms with Crippen molar-refractivity contribution in [3.05, 3.63) is 59.2 Å². The second kappa shape index (κ2) is 8.11. The van der Waals surface area contributed by atoms with Crippen molar-refractivity contribution >= 4 is 11.4 Å². The normalized spacial score (nSPS) is 18.4. The van der Waals surface area contributed by atoms with Crippen molar-refractivity contribution in [1.29, 1.82) is 0 Å². The van der Waals surface area contributed by atoms with Gasteiger partial charge in [0.05, 0.1) is 12.7 Å². The van der Waals surface area contributed by atoms with Gasteiger partial charge in [0.25, 0.3) is 0 Å². The highest BCUT2D eigenvalue weighted by Crippen LogP contribution is 2.34. The summed E-state index contributed by atoms with van der Waals surface area (Å²) in [6.45, 7) is 4.79. The maximum absolute atomic E-state index is 6.18. The summed E-state index contributed by atoms with van der Waals surface area (Å²) < 4.78 is 6.18. The van der Waals surface area contributed by atoms with E-state index < -0.39 is 0 Å². The number of anilines is 2. The second-order valence-corrected chi connectivity index (χ2v) is 7.51. The third kappa shape index (κ3) is 4.02. The molecule has 0 bridgehead atoms. The van der Waals surface area contributed by atoms with Crippen molar-refractivity contribution < 1.29 is 4.74 Å². The van der Waals surface area contributed by atoms with Crippen LogP contribution in [0.1, 0.15) is 22.6 Å². The molecular weight excluding hydrogens is 322 g/mol. The van der Waals surface area contributed by atoms with Crippen LogP contribution < -0.4 is 15.1 Å². The molecule has 2 atom stereocenters. The van der Waals surface area contributed by atoms with Crippen LogP contribution in [0.2, 0.25) is 0 Å². The molecule has 4 nitrogen and oxygen atoms in total. The van der Waals surface area contributed by atoms with Gasteiger partial charge in [0.1, 0.15) is 0 Å². The molecule has 0 radical (unpaired) electrons. The number of hydrogen-bond acceptors (Lipinski definition) is 4. The molecule has 3 rings (SSSR count). The zero-order valence-electron chi connectivity index (χ0n) is 16.6. The molecule has 0 aliphatic carbocycles. The Kier molecular flexibility index (Phi) is 5.84. The van der Waals surface area contributed by atoms with Gasteiger partial charge < -0.3 is 19.9 Å². The number of benzene rings is 2. The fourth-order valence-electron chi connectivity index (χ4n) is 3.66. The lowest BCUT2D eigenvalue weighted by Crippen LogP contribution is -2.42. The van der Waals surface area contributed by atoms with E-state index in [1.807, 2.05) is 0 Å². The highest BCUT2D eigenvalue weighted by molar-refractivity contribution is 5.53. The Labute approximate surface area is 157 Å². The second-order valence-electron chi connectivity index (χ2n) is 7.51. The SMILES string of the molecule is Cc1cc(N(C)C)ccc1C(c1ccc(N(C)C)cc1)C1CNCCO1. The number of ether oxygens (including phenoxy) is 1. The minimum absolute atomic E-state index is 0.151. The van der Waals surface area contributed by atoms with Gasteiger partial charge in [-0.25, -0.2) is 0 Å². The highest BCUT2D eigenvalue weighted by atomic mass is 16.5. The standard InChI is InChI=1S/C22H31N3O/c1-16-14-19(25(4)5)10-11-20(16)22(21-15-23-12-13-26-21)17-6-8-18(9-7-17)24(2)3/h6-11,14,21-23H,12-13,15H2,1-5H3. The van der Waals surface area contributed by atoms with Crippen LogP contribution in [0.15, 0.2) is 42.5 Å². The molecule has 26 heavy (non-hydrogen) atoms. The predicted molar refractivity (Wildman–Crippen MR) is 111 cm³/mol. The highest BCUT2D eigenvalue weighted by Gasteiger charge is 2.28. The summed E-state index contributed by atoms with van der Waals surface area (Å²) in [5.74, 6) is 0.232. The zero-order chi connectivity index (χ0) is 18.7. The summed E-state index contributed by atoms with van der Waals surface area (Å²) >= 11 is 0. The molecule has 2 unspecified atom stereocenters. The van der Waals surface area contributed by atoms with E-state index in [1.54, 1.807) is 0 Å². The number of nitrogens with zero attached hydrogens (tertiary/aromatic N) is 2. The van der Waals surface area contributed by atoms with E-state index in [1.165, 1.54) is 28.1 Å². The molecule has 1 saturated heterocycles. The summed E-state index contributed by atoms with van der Waals surface area (Å²) in [4.78, 5) is 4.28. The summed E-state index contributed by atoms with van der Waals surface area (Å²) in [5, 5.41) is 3.49. The fraction of sp³-hybridized carbons (Fsp3) is 0.455. The van der Waals surface area contributed by atoms with Gasteiger partial charge in [0.15, 0.2) is 0 Å². The molecule has 1 N–H and O–H groups in total. The summed E-state index contributed by atoms with van der Waals surface area (Å²) in [6.07, 6.45) is 0.151. The minimum Gasteiger partial charge on any atom is -0.378 e. The first-order valence-electron chi connectivity index (χ1n) is 9.35. The van der Waals surface area contributed by atoms with Crippen LogP contribution in [-0.2, 0) is 4.74 Å². The van der Waals surface area contributed by atoms with E-state index in [-0.39, 0.29) is 12.0 Å².